The Bertz CT molecular complexity index is 290. The summed E-state index contributed by atoms with van der Waals surface area (Å²) in [7, 11) is 0. The zero-order valence-electron chi connectivity index (χ0n) is 12.6. The second-order valence-electron chi connectivity index (χ2n) is 5.98. The molecule has 1 aliphatic heterocycles. The molecule has 0 saturated carbocycles. The van der Waals surface area contributed by atoms with E-state index in [2.05, 4.69) is 19.2 Å². The number of nitrogens with zero attached hydrogens (tertiary/aromatic N) is 1. The van der Waals surface area contributed by atoms with Crippen LogP contribution in [0.5, 0.6) is 0 Å². The van der Waals surface area contributed by atoms with Gasteiger partial charge in [0.25, 0.3) is 0 Å². The van der Waals surface area contributed by atoms with E-state index in [4.69, 9.17) is 4.74 Å². The number of carbonyl (C=O) groups is 1. The number of nitrogens with one attached hydrogen (secondary N) is 1. The maximum Gasteiger partial charge on any atom is 0.241 e. The molecular formula is C14H28N2O2. The van der Waals surface area contributed by atoms with E-state index in [-0.39, 0.29) is 23.7 Å². The minimum absolute atomic E-state index is 0.0326. The van der Waals surface area contributed by atoms with Gasteiger partial charge in [-0.1, -0.05) is 20.8 Å². The Labute approximate surface area is 111 Å². The Morgan fingerprint density at radius 1 is 1.39 bits per heavy atom. The van der Waals surface area contributed by atoms with Gasteiger partial charge in [0.2, 0.25) is 5.91 Å². The Balaban J connectivity index is 2.79. The lowest BCUT2D eigenvalue weighted by atomic mass is 10.1. The van der Waals surface area contributed by atoms with Gasteiger partial charge in [0, 0.05) is 6.61 Å². The molecule has 0 aromatic carbocycles. The molecule has 2 atom stereocenters. The summed E-state index contributed by atoms with van der Waals surface area (Å²) < 4.78 is 5.71. The van der Waals surface area contributed by atoms with Crippen LogP contribution in [0.15, 0.2) is 0 Å². The first-order valence-corrected chi connectivity index (χ1v) is 7.03. The molecule has 2 unspecified atom stereocenters. The predicted octanol–water partition coefficient (Wildman–Crippen LogP) is 1.99. The molecule has 0 aromatic rings. The van der Waals surface area contributed by atoms with Gasteiger partial charge >= 0.3 is 0 Å². The van der Waals surface area contributed by atoms with E-state index in [1.165, 1.54) is 0 Å². The summed E-state index contributed by atoms with van der Waals surface area (Å²) in [5.41, 5.74) is -0.290. The normalized spacial score (nSPS) is 25.3. The van der Waals surface area contributed by atoms with Crippen LogP contribution in [0, 0.1) is 5.92 Å². The standard InChI is InChI=1S/C14H28N2O2/c1-7-11-13(17)16(12(15-11)10(3)4)9-14(5,6)18-8-2/h10-12,15H,7-9H2,1-6H3. The Morgan fingerprint density at radius 3 is 2.44 bits per heavy atom. The molecule has 0 aliphatic carbocycles. The fourth-order valence-electron chi connectivity index (χ4n) is 2.57. The van der Waals surface area contributed by atoms with Gasteiger partial charge in [-0.2, -0.15) is 0 Å². The monoisotopic (exact) mass is 256 g/mol. The molecule has 18 heavy (non-hydrogen) atoms. The summed E-state index contributed by atoms with van der Waals surface area (Å²) in [4.78, 5) is 14.3. The van der Waals surface area contributed by atoms with Crippen molar-refractivity contribution in [2.24, 2.45) is 5.92 Å². The average Bonchev–Trinajstić information content (AvgIpc) is 2.55. The van der Waals surface area contributed by atoms with Crippen molar-refractivity contribution < 1.29 is 9.53 Å². The number of amides is 1. The van der Waals surface area contributed by atoms with Crippen LogP contribution in [0.3, 0.4) is 0 Å². The lowest BCUT2D eigenvalue weighted by molar-refractivity contribution is -0.135. The van der Waals surface area contributed by atoms with Gasteiger partial charge in [-0.25, -0.2) is 0 Å². The molecule has 1 fully saturated rings. The van der Waals surface area contributed by atoms with Crippen LogP contribution in [-0.4, -0.2) is 41.8 Å². The minimum Gasteiger partial charge on any atom is -0.374 e. The van der Waals surface area contributed by atoms with Crippen molar-refractivity contribution in [1.82, 2.24) is 10.2 Å². The number of hydrogen-bond donors (Lipinski definition) is 1. The smallest absolute Gasteiger partial charge is 0.241 e. The zero-order chi connectivity index (χ0) is 13.9. The van der Waals surface area contributed by atoms with Crippen molar-refractivity contribution in [2.45, 2.75) is 65.8 Å². The summed E-state index contributed by atoms with van der Waals surface area (Å²) in [6, 6.07) is -0.0326. The Hall–Kier alpha value is -0.610. The third kappa shape index (κ3) is 3.45. The van der Waals surface area contributed by atoms with Crippen molar-refractivity contribution in [3.05, 3.63) is 0 Å². The molecule has 1 N–H and O–H groups in total. The van der Waals surface area contributed by atoms with E-state index >= 15 is 0 Å². The van der Waals surface area contributed by atoms with Gasteiger partial charge < -0.3 is 9.64 Å². The van der Waals surface area contributed by atoms with Crippen molar-refractivity contribution in [1.29, 1.82) is 0 Å². The summed E-state index contributed by atoms with van der Waals surface area (Å²) in [6.07, 6.45) is 0.968. The minimum atomic E-state index is -0.290. The van der Waals surface area contributed by atoms with E-state index in [1.54, 1.807) is 0 Å². The molecule has 4 heteroatoms. The first kappa shape index (κ1) is 15.4. The summed E-state index contributed by atoms with van der Waals surface area (Å²) in [5.74, 6) is 0.618. The second-order valence-corrected chi connectivity index (χ2v) is 5.98. The predicted molar refractivity (Wildman–Crippen MR) is 73.3 cm³/mol. The summed E-state index contributed by atoms with van der Waals surface area (Å²) in [5, 5.41) is 3.43. The topological polar surface area (TPSA) is 41.6 Å². The van der Waals surface area contributed by atoms with Gasteiger partial charge in [0.1, 0.15) is 0 Å². The highest BCUT2D eigenvalue weighted by Crippen LogP contribution is 2.23. The van der Waals surface area contributed by atoms with Crippen LogP contribution in [0.1, 0.15) is 48.0 Å². The highest BCUT2D eigenvalue weighted by atomic mass is 16.5. The molecule has 0 bridgehead atoms. The molecular weight excluding hydrogens is 228 g/mol. The molecule has 4 nitrogen and oxygen atoms in total. The zero-order valence-corrected chi connectivity index (χ0v) is 12.6. The maximum absolute atomic E-state index is 12.3. The van der Waals surface area contributed by atoms with Crippen molar-refractivity contribution in [3.8, 4) is 0 Å². The van der Waals surface area contributed by atoms with Crippen molar-refractivity contribution >= 4 is 5.91 Å². The average molecular weight is 256 g/mol. The quantitative estimate of drug-likeness (QED) is 0.790. The molecule has 1 saturated heterocycles. The highest BCUT2D eigenvalue weighted by Gasteiger charge is 2.41. The number of hydrogen-bond acceptors (Lipinski definition) is 3. The third-order valence-corrected chi connectivity index (χ3v) is 3.41. The van der Waals surface area contributed by atoms with Gasteiger partial charge in [-0.3, -0.25) is 10.1 Å². The fraction of sp³-hybridized carbons (Fsp3) is 0.929. The molecule has 0 spiro atoms. The molecule has 0 aromatic heterocycles. The van der Waals surface area contributed by atoms with E-state index < -0.39 is 0 Å². The molecule has 106 valence electrons. The van der Waals surface area contributed by atoms with Gasteiger partial charge in [0.05, 0.1) is 24.4 Å². The van der Waals surface area contributed by atoms with E-state index in [0.717, 1.165) is 6.42 Å². The van der Waals surface area contributed by atoms with Crippen LogP contribution in [0.25, 0.3) is 0 Å². The van der Waals surface area contributed by atoms with Crippen LogP contribution < -0.4 is 5.32 Å². The van der Waals surface area contributed by atoms with Crippen LogP contribution in [-0.2, 0) is 9.53 Å². The summed E-state index contributed by atoms with van der Waals surface area (Å²) in [6.45, 7) is 13.7. The Morgan fingerprint density at radius 2 is 2.00 bits per heavy atom. The van der Waals surface area contributed by atoms with Gasteiger partial charge in [-0.05, 0) is 33.1 Å². The lowest BCUT2D eigenvalue weighted by Gasteiger charge is -2.34. The molecule has 0 radical (unpaired) electrons. The molecule has 1 heterocycles. The largest absolute Gasteiger partial charge is 0.374 e. The van der Waals surface area contributed by atoms with Crippen molar-refractivity contribution in [2.75, 3.05) is 13.2 Å². The molecule has 1 rings (SSSR count). The second kappa shape index (κ2) is 6.02. The number of rotatable bonds is 6. The first-order valence-electron chi connectivity index (χ1n) is 7.03. The summed E-state index contributed by atoms with van der Waals surface area (Å²) >= 11 is 0. The van der Waals surface area contributed by atoms with E-state index in [0.29, 0.717) is 19.1 Å². The Kier molecular flexibility index (Phi) is 5.17. The lowest BCUT2D eigenvalue weighted by Crippen LogP contribution is -2.48. The SMILES string of the molecule is CCOC(C)(C)CN1C(=O)C(CC)NC1C(C)C. The van der Waals surface area contributed by atoms with Crippen molar-refractivity contribution in [3.63, 3.8) is 0 Å². The van der Waals surface area contributed by atoms with Crippen LogP contribution in [0.2, 0.25) is 0 Å². The van der Waals surface area contributed by atoms with Crippen LogP contribution >= 0.6 is 0 Å². The number of ether oxygens (including phenoxy) is 1. The highest BCUT2D eigenvalue weighted by molar-refractivity contribution is 5.84. The third-order valence-electron chi connectivity index (χ3n) is 3.41. The maximum atomic E-state index is 12.3. The van der Waals surface area contributed by atoms with Gasteiger partial charge in [0.15, 0.2) is 0 Å². The van der Waals surface area contributed by atoms with E-state index in [1.807, 2.05) is 32.6 Å². The van der Waals surface area contributed by atoms with Gasteiger partial charge in [-0.15, -0.1) is 0 Å². The fourth-order valence-corrected chi connectivity index (χ4v) is 2.57. The van der Waals surface area contributed by atoms with Crippen LogP contribution in [0.4, 0.5) is 0 Å². The number of carbonyl (C=O) groups excluding carboxylic acids is 1. The molecule has 1 amide bonds. The first-order chi connectivity index (χ1) is 8.32. The van der Waals surface area contributed by atoms with E-state index in [9.17, 15) is 4.79 Å². The molecule has 1 aliphatic rings.